The van der Waals surface area contributed by atoms with Crippen molar-refractivity contribution < 1.29 is 23.6 Å². The number of benzene rings is 1. The molecule has 0 radical (unpaired) electrons. The molecule has 0 bridgehead atoms. The number of hydrogen-bond donors (Lipinski definition) is 2. The van der Waals surface area contributed by atoms with Gasteiger partial charge in [-0.25, -0.2) is 4.79 Å². The molecule has 1 atom stereocenters. The first-order valence-corrected chi connectivity index (χ1v) is 8.68. The van der Waals surface area contributed by atoms with Crippen molar-refractivity contribution in [2.75, 3.05) is 13.2 Å². The Morgan fingerprint density at radius 2 is 2.00 bits per heavy atom. The van der Waals surface area contributed by atoms with Crippen molar-refractivity contribution in [3.8, 4) is 11.3 Å². The van der Waals surface area contributed by atoms with E-state index in [-0.39, 0.29) is 22.9 Å². The lowest BCUT2D eigenvalue weighted by molar-refractivity contribution is -0.130. The zero-order valence-corrected chi connectivity index (χ0v) is 15.9. The number of hydrogen-bond acceptors (Lipinski definition) is 6. The van der Waals surface area contributed by atoms with Crippen LogP contribution in [-0.2, 0) is 14.3 Å². The summed E-state index contributed by atoms with van der Waals surface area (Å²) in [7, 11) is 0. The lowest BCUT2D eigenvalue weighted by Crippen LogP contribution is -2.46. The Morgan fingerprint density at radius 3 is 2.67 bits per heavy atom. The summed E-state index contributed by atoms with van der Waals surface area (Å²) in [6, 6.07) is 6.10. The van der Waals surface area contributed by atoms with Gasteiger partial charge in [-0.3, -0.25) is 9.59 Å². The van der Waals surface area contributed by atoms with Crippen LogP contribution >= 0.6 is 11.6 Å². The summed E-state index contributed by atoms with van der Waals surface area (Å²) < 4.78 is 10.1. The average molecular weight is 394 g/mol. The summed E-state index contributed by atoms with van der Waals surface area (Å²) in [5.74, 6) is -1.46. The van der Waals surface area contributed by atoms with Gasteiger partial charge in [0.05, 0.1) is 5.02 Å². The number of amides is 2. The van der Waals surface area contributed by atoms with E-state index in [0.29, 0.717) is 17.1 Å². The third-order valence-electron chi connectivity index (χ3n) is 3.65. The van der Waals surface area contributed by atoms with E-state index in [1.165, 1.54) is 6.92 Å². The summed E-state index contributed by atoms with van der Waals surface area (Å²) in [5, 5.41) is 9.30. The molecule has 0 aliphatic carbocycles. The van der Waals surface area contributed by atoms with Crippen LogP contribution in [0.2, 0.25) is 5.02 Å². The maximum Gasteiger partial charge on any atom is 0.344 e. The molecule has 0 fully saturated rings. The minimum atomic E-state index is -0.774. The molecule has 2 rings (SSSR count). The average Bonchev–Trinajstić information content (AvgIpc) is 3.01. The molecule has 1 aromatic heterocycles. The fourth-order valence-corrected chi connectivity index (χ4v) is 2.55. The van der Waals surface area contributed by atoms with Gasteiger partial charge in [0.2, 0.25) is 5.91 Å². The topological polar surface area (TPSA) is 111 Å². The van der Waals surface area contributed by atoms with E-state index in [1.54, 1.807) is 38.1 Å². The summed E-state index contributed by atoms with van der Waals surface area (Å²) in [5.41, 5.74) is 0.837. The van der Waals surface area contributed by atoms with Crippen molar-refractivity contribution in [1.82, 2.24) is 15.8 Å². The summed E-state index contributed by atoms with van der Waals surface area (Å²) >= 11 is 6.15. The zero-order valence-electron chi connectivity index (χ0n) is 15.2. The number of esters is 1. The zero-order chi connectivity index (χ0) is 20.0. The van der Waals surface area contributed by atoms with Crippen molar-refractivity contribution in [3.63, 3.8) is 0 Å². The minimum Gasteiger partial charge on any atom is -0.452 e. The highest BCUT2D eigenvalue weighted by atomic mass is 35.5. The SMILES string of the molecule is CCNC(=O)[C@H](C)NC(=O)COC(=O)c1c(-c2ccccc2Cl)noc1C. The number of likely N-dealkylation sites (N-methyl/N-ethyl adjacent to an activating group) is 1. The first-order chi connectivity index (χ1) is 12.8. The molecule has 1 heterocycles. The molecular weight excluding hydrogens is 374 g/mol. The number of nitrogens with zero attached hydrogens (tertiary/aromatic N) is 1. The van der Waals surface area contributed by atoms with Gasteiger partial charge in [-0.1, -0.05) is 35.0 Å². The molecule has 0 aliphatic heterocycles. The van der Waals surface area contributed by atoms with Gasteiger partial charge in [0.1, 0.15) is 23.1 Å². The molecule has 0 aliphatic rings. The Hall–Kier alpha value is -2.87. The quantitative estimate of drug-likeness (QED) is 0.697. The van der Waals surface area contributed by atoms with Gasteiger partial charge in [-0.2, -0.15) is 0 Å². The number of aromatic nitrogens is 1. The predicted molar refractivity (Wildman–Crippen MR) is 98.3 cm³/mol. The Bertz CT molecular complexity index is 849. The van der Waals surface area contributed by atoms with Gasteiger partial charge in [0, 0.05) is 12.1 Å². The first-order valence-electron chi connectivity index (χ1n) is 8.30. The van der Waals surface area contributed by atoms with E-state index >= 15 is 0 Å². The molecule has 0 saturated heterocycles. The molecule has 0 saturated carbocycles. The second-order valence-electron chi connectivity index (χ2n) is 5.70. The third-order valence-corrected chi connectivity index (χ3v) is 3.98. The van der Waals surface area contributed by atoms with Gasteiger partial charge in [-0.05, 0) is 26.8 Å². The normalized spacial score (nSPS) is 11.6. The number of halogens is 1. The van der Waals surface area contributed by atoms with Crippen LogP contribution in [0.1, 0.15) is 30.0 Å². The lowest BCUT2D eigenvalue weighted by atomic mass is 10.1. The van der Waals surface area contributed by atoms with Gasteiger partial charge in [0.15, 0.2) is 6.61 Å². The molecule has 1 aromatic carbocycles. The molecule has 2 aromatic rings. The monoisotopic (exact) mass is 393 g/mol. The van der Waals surface area contributed by atoms with Crippen molar-refractivity contribution in [2.24, 2.45) is 0 Å². The van der Waals surface area contributed by atoms with Crippen LogP contribution in [0.3, 0.4) is 0 Å². The number of nitrogens with one attached hydrogen (secondary N) is 2. The molecule has 8 nitrogen and oxygen atoms in total. The van der Waals surface area contributed by atoms with Crippen molar-refractivity contribution in [2.45, 2.75) is 26.8 Å². The molecule has 27 heavy (non-hydrogen) atoms. The van der Waals surface area contributed by atoms with E-state index in [9.17, 15) is 14.4 Å². The number of carbonyl (C=O) groups is 3. The van der Waals surface area contributed by atoms with Gasteiger partial charge in [-0.15, -0.1) is 0 Å². The smallest absolute Gasteiger partial charge is 0.344 e. The van der Waals surface area contributed by atoms with Crippen LogP contribution < -0.4 is 10.6 Å². The lowest BCUT2D eigenvalue weighted by Gasteiger charge is -2.13. The van der Waals surface area contributed by atoms with E-state index in [1.807, 2.05) is 0 Å². The standard InChI is InChI=1S/C18H20ClN3O5/c1-4-20-17(24)10(2)21-14(23)9-26-18(25)15-11(3)27-22-16(15)12-7-5-6-8-13(12)19/h5-8,10H,4,9H2,1-3H3,(H,20,24)(H,21,23)/t10-/m0/s1. The summed E-state index contributed by atoms with van der Waals surface area (Å²) in [6.07, 6.45) is 0. The van der Waals surface area contributed by atoms with Crippen molar-refractivity contribution in [3.05, 3.63) is 40.6 Å². The highest BCUT2D eigenvalue weighted by Gasteiger charge is 2.25. The summed E-state index contributed by atoms with van der Waals surface area (Å²) in [4.78, 5) is 36.0. The van der Waals surface area contributed by atoms with E-state index < -0.39 is 24.5 Å². The first kappa shape index (κ1) is 20.4. The molecule has 2 N–H and O–H groups in total. The second-order valence-corrected chi connectivity index (χ2v) is 6.11. The maximum absolute atomic E-state index is 12.4. The molecule has 9 heteroatoms. The Labute approximate surface area is 161 Å². The molecule has 144 valence electrons. The minimum absolute atomic E-state index is 0.0904. The van der Waals surface area contributed by atoms with Gasteiger partial charge >= 0.3 is 5.97 Å². The van der Waals surface area contributed by atoms with Crippen LogP contribution in [0, 0.1) is 6.92 Å². The Morgan fingerprint density at radius 1 is 1.30 bits per heavy atom. The van der Waals surface area contributed by atoms with Crippen LogP contribution in [-0.4, -0.2) is 42.1 Å². The highest BCUT2D eigenvalue weighted by molar-refractivity contribution is 6.33. The summed E-state index contributed by atoms with van der Waals surface area (Å²) in [6.45, 7) is 4.76. The second kappa shape index (κ2) is 9.18. The number of carbonyl (C=O) groups excluding carboxylic acids is 3. The van der Waals surface area contributed by atoms with E-state index in [0.717, 1.165) is 0 Å². The van der Waals surface area contributed by atoms with Crippen LogP contribution in [0.4, 0.5) is 0 Å². The van der Waals surface area contributed by atoms with Crippen molar-refractivity contribution >= 4 is 29.4 Å². The highest BCUT2D eigenvalue weighted by Crippen LogP contribution is 2.31. The Kier molecular flexibility index (Phi) is 6.95. The largest absolute Gasteiger partial charge is 0.452 e. The van der Waals surface area contributed by atoms with E-state index in [2.05, 4.69) is 15.8 Å². The van der Waals surface area contributed by atoms with Gasteiger partial charge in [0.25, 0.3) is 5.91 Å². The van der Waals surface area contributed by atoms with Gasteiger partial charge < -0.3 is 19.9 Å². The maximum atomic E-state index is 12.4. The van der Waals surface area contributed by atoms with Crippen LogP contribution in [0.15, 0.2) is 28.8 Å². The predicted octanol–water partition coefficient (Wildman–Crippen LogP) is 2.10. The number of ether oxygens (including phenoxy) is 1. The Balaban J connectivity index is 2.05. The molecule has 2 amide bonds. The molecule has 0 spiro atoms. The fraction of sp³-hybridized carbons (Fsp3) is 0.333. The number of aryl methyl sites for hydroxylation is 1. The van der Waals surface area contributed by atoms with Crippen LogP contribution in [0.25, 0.3) is 11.3 Å². The number of rotatable bonds is 7. The van der Waals surface area contributed by atoms with Crippen LogP contribution in [0.5, 0.6) is 0 Å². The van der Waals surface area contributed by atoms with Crippen molar-refractivity contribution in [1.29, 1.82) is 0 Å². The molecular formula is C18H20ClN3O5. The fourth-order valence-electron chi connectivity index (χ4n) is 2.33. The van der Waals surface area contributed by atoms with E-state index in [4.69, 9.17) is 20.9 Å². The molecule has 0 unspecified atom stereocenters. The third kappa shape index (κ3) is 5.07.